The first-order valence-corrected chi connectivity index (χ1v) is 17.9. The summed E-state index contributed by atoms with van der Waals surface area (Å²) in [4.78, 5) is 61.3. The fourth-order valence-electron chi connectivity index (χ4n) is 10.5. The first kappa shape index (κ1) is 30.2. The Bertz CT molecular complexity index is 2140. The fourth-order valence-corrected chi connectivity index (χ4v) is 10.5. The molecule has 4 fully saturated rings. The van der Waals surface area contributed by atoms with Gasteiger partial charge >= 0.3 is 0 Å². The smallest absolute Gasteiger partial charge is 0.247 e. The van der Waals surface area contributed by atoms with Gasteiger partial charge in [0.05, 0.1) is 10.8 Å². The molecule has 4 aromatic rings. The minimum Gasteiger partial charge on any atom is -0.364 e. The first-order valence-electron chi connectivity index (χ1n) is 17.9. The number of benzene rings is 4. The van der Waals surface area contributed by atoms with Crippen molar-refractivity contribution in [2.75, 3.05) is 10.6 Å². The molecular weight excluding hydrogens is 640 g/mol. The normalized spacial score (nSPS) is 32.5. The second kappa shape index (κ2) is 10.7. The maximum absolute atomic E-state index is 14.7. The van der Waals surface area contributed by atoms with Crippen molar-refractivity contribution in [3.05, 3.63) is 131 Å². The number of rotatable bonds is 5. The number of carbonyl (C=O) groups is 4. The van der Waals surface area contributed by atoms with Gasteiger partial charge in [-0.3, -0.25) is 19.2 Å². The Labute approximate surface area is 295 Å². The van der Waals surface area contributed by atoms with Gasteiger partial charge in [0.15, 0.2) is 0 Å². The Balaban J connectivity index is 1.12. The van der Waals surface area contributed by atoms with Crippen molar-refractivity contribution in [3.8, 4) is 0 Å². The van der Waals surface area contributed by atoms with Crippen molar-refractivity contribution in [3.63, 3.8) is 0 Å². The van der Waals surface area contributed by atoms with Crippen LogP contribution in [0.2, 0.25) is 0 Å². The van der Waals surface area contributed by atoms with E-state index in [1.807, 2.05) is 97.9 Å². The van der Waals surface area contributed by atoms with Gasteiger partial charge in [-0.2, -0.15) is 0 Å². The van der Waals surface area contributed by atoms with Crippen molar-refractivity contribution < 1.29 is 19.2 Å². The van der Waals surface area contributed by atoms with Crippen molar-refractivity contribution >= 4 is 35.0 Å². The van der Waals surface area contributed by atoms with Crippen LogP contribution in [0.1, 0.15) is 40.7 Å². The molecule has 4 amide bonds. The van der Waals surface area contributed by atoms with Crippen LogP contribution in [0, 0.1) is 6.92 Å². The van der Waals surface area contributed by atoms with Crippen LogP contribution in [0.4, 0.5) is 11.4 Å². The van der Waals surface area contributed by atoms with Gasteiger partial charge in [-0.1, -0.05) is 96.6 Å². The van der Waals surface area contributed by atoms with Gasteiger partial charge in [0.2, 0.25) is 23.6 Å². The maximum Gasteiger partial charge on any atom is 0.247 e. The SMILES string of the molecule is Cc1ccc(C[C@@H]2NC(=O)[C@@H]3C[C@@]4([C@]56C[C@H]7C(=O)N[C@@H](Cc8ccccc8)C(=O)N7[C@H]5Nc5ccccc56)c5ccccc5NC4N3C2=O)cc1. The molecule has 51 heavy (non-hydrogen) atoms. The highest BCUT2D eigenvalue weighted by molar-refractivity contribution is 6.01. The zero-order chi connectivity index (χ0) is 34.6. The third-order valence-electron chi connectivity index (χ3n) is 12.6. The average molecular weight is 679 g/mol. The van der Waals surface area contributed by atoms with Crippen LogP contribution in [0.25, 0.3) is 0 Å². The highest BCUT2D eigenvalue weighted by Gasteiger charge is 2.78. The predicted molar refractivity (Wildman–Crippen MR) is 190 cm³/mol. The van der Waals surface area contributed by atoms with Crippen molar-refractivity contribution in [2.45, 2.75) is 79.9 Å². The Morgan fingerprint density at radius 2 is 0.980 bits per heavy atom. The molecule has 4 aromatic carbocycles. The summed E-state index contributed by atoms with van der Waals surface area (Å²) in [5.74, 6) is -0.629. The number of hydrogen-bond acceptors (Lipinski definition) is 6. The monoisotopic (exact) mass is 678 g/mol. The standard InChI is InChI=1S/C41H38N6O4/c1-23-15-17-25(18-16-23)20-31-37(51)47-33(35(49)43-31)22-41(27-12-6-8-14-29(27)45-39(41)47)40-21-32-34(48)42-30(19-24-9-3-2-4-10-24)36(50)46(32)38(40)44-28-13-7-5-11-26(28)40/h2-18,30-33,38-39,44-45H,19-22H2,1H3,(H,42,48)(H,43,49)/t30-,31-,32-,33-,38+,39?,40-,41+/m0/s1. The van der Waals surface area contributed by atoms with Crippen LogP contribution in [-0.2, 0) is 42.8 Å². The predicted octanol–water partition coefficient (Wildman–Crippen LogP) is 3.36. The first-order chi connectivity index (χ1) is 24.8. The summed E-state index contributed by atoms with van der Waals surface area (Å²) in [6.07, 6.45) is 0.266. The number of fused-ring (bicyclic) bond motifs is 11. The highest BCUT2D eigenvalue weighted by atomic mass is 16.2. The summed E-state index contributed by atoms with van der Waals surface area (Å²) in [6, 6.07) is 31.1. The maximum atomic E-state index is 14.7. The summed E-state index contributed by atoms with van der Waals surface area (Å²) in [5, 5.41) is 13.6. The van der Waals surface area contributed by atoms with Crippen LogP contribution in [0.15, 0.2) is 103 Å². The van der Waals surface area contributed by atoms with E-state index in [1.165, 1.54) is 0 Å². The number of para-hydroxylation sites is 2. The van der Waals surface area contributed by atoms with E-state index in [4.69, 9.17) is 0 Å². The molecule has 8 atom stereocenters. The van der Waals surface area contributed by atoms with Crippen molar-refractivity contribution in [2.24, 2.45) is 0 Å². The average Bonchev–Trinajstić information content (AvgIpc) is 3.85. The molecule has 0 bridgehead atoms. The molecule has 6 heterocycles. The van der Waals surface area contributed by atoms with E-state index in [0.717, 1.165) is 39.2 Å². The molecule has 6 aliphatic heterocycles. The van der Waals surface area contributed by atoms with E-state index >= 15 is 0 Å². The van der Waals surface area contributed by atoms with E-state index in [9.17, 15) is 19.2 Å². The van der Waals surface area contributed by atoms with Crippen LogP contribution in [-0.4, -0.2) is 69.9 Å². The van der Waals surface area contributed by atoms with E-state index in [1.54, 1.807) is 9.80 Å². The topological polar surface area (TPSA) is 123 Å². The molecule has 256 valence electrons. The zero-order valence-corrected chi connectivity index (χ0v) is 28.1. The molecule has 1 unspecified atom stereocenters. The molecule has 0 saturated carbocycles. The Morgan fingerprint density at radius 1 is 0.549 bits per heavy atom. The third kappa shape index (κ3) is 3.98. The molecule has 10 heteroatoms. The Morgan fingerprint density at radius 3 is 1.47 bits per heavy atom. The van der Waals surface area contributed by atoms with E-state index in [2.05, 4.69) is 33.4 Å². The summed E-state index contributed by atoms with van der Waals surface area (Å²) in [5.41, 5.74) is 5.13. The van der Waals surface area contributed by atoms with Gasteiger partial charge in [-0.15, -0.1) is 0 Å². The number of nitrogens with zero attached hydrogens (tertiary/aromatic N) is 2. The molecule has 6 aliphatic rings. The lowest BCUT2D eigenvalue weighted by Crippen LogP contribution is -2.67. The van der Waals surface area contributed by atoms with Crippen LogP contribution >= 0.6 is 0 Å². The third-order valence-corrected chi connectivity index (χ3v) is 12.6. The van der Waals surface area contributed by atoms with Gasteiger partial charge in [0.1, 0.15) is 36.5 Å². The number of hydrogen-bond donors (Lipinski definition) is 4. The molecule has 4 saturated heterocycles. The van der Waals surface area contributed by atoms with Gasteiger partial charge in [-0.25, -0.2) is 0 Å². The fraction of sp³-hybridized carbons (Fsp3) is 0.317. The Kier molecular flexibility index (Phi) is 6.33. The summed E-state index contributed by atoms with van der Waals surface area (Å²) >= 11 is 0. The van der Waals surface area contributed by atoms with E-state index in [0.29, 0.717) is 25.7 Å². The second-order valence-electron chi connectivity index (χ2n) is 15.1. The number of carbonyl (C=O) groups excluding carboxylic acids is 4. The lowest BCUT2D eigenvalue weighted by Gasteiger charge is -2.48. The zero-order valence-electron chi connectivity index (χ0n) is 28.1. The minimum atomic E-state index is -0.864. The quantitative estimate of drug-likeness (QED) is 0.257. The Hall–Kier alpha value is -5.64. The summed E-state index contributed by atoms with van der Waals surface area (Å²) in [7, 11) is 0. The molecule has 10 rings (SSSR count). The summed E-state index contributed by atoms with van der Waals surface area (Å²) < 4.78 is 0. The lowest BCUT2D eigenvalue weighted by atomic mass is 9.54. The highest BCUT2D eigenvalue weighted by Crippen LogP contribution is 2.68. The van der Waals surface area contributed by atoms with Gasteiger partial charge in [-0.05, 0) is 54.2 Å². The minimum absolute atomic E-state index is 0.132. The van der Waals surface area contributed by atoms with Gasteiger partial charge < -0.3 is 31.1 Å². The second-order valence-corrected chi connectivity index (χ2v) is 15.1. The molecule has 0 aliphatic carbocycles. The molecule has 0 radical (unpaired) electrons. The van der Waals surface area contributed by atoms with Crippen LogP contribution < -0.4 is 21.3 Å². The number of piperazine rings is 2. The van der Waals surface area contributed by atoms with Crippen LogP contribution in [0.3, 0.4) is 0 Å². The van der Waals surface area contributed by atoms with E-state index < -0.39 is 47.3 Å². The van der Waals surface area contributed by atoms with E-state index in [-0.39, 0.29) is 23.6 Å². The number of amides is 4. The summed E-state index contributed by atoms with van der Waals surface area (Å²) in [6.45, 7) is 2.02. The van der Waals surface area contributed by atoms with Gasteiger partial charge in [0.25, 0.3) is 0 Å². The largest absolute Gasteiger partial charge is 0.364 e. The molecule has 10 nitrogen and oxygen atoms in total. The number of nitrogens with one attached hydrogen (secondary N) is 4. The van der Waals surface area contributed by atoms with Crippen molar-refractivity contribution in [1.82, 2.24) is 20.4 Å². The van der Waals surface area contributed by atoms with Gasteiger partial charge in [0, 0.05) is 24.2 Å². The van der Waals surface area contributed by atoms with Crippen molar-refractivity contribution in [1.29, 1.82) is 0 Å². The lowest BCUT2D eigenvalue weighted by molar-refractivity contribution is -0.149. The molecule has 0 aromatic heterocycles. The number of anilines is 2. The molecule has 4 N–H and O–H groups in total. The molecular formula is C41H38N6O4. The van der Waals surface area contributed by atoms with Crippen LogP contribution in [0.5, 0.6) is 0 Å². The number of aryl methyl sites for hydroxylation is 1. The molecule has 0 spiro atoms.